The minimum atomic E-state index is -0.935. The molecule has 2 fully saturated rings. The number of nitrogens with one attached hydrogen (secondary N) is 1. The molecule has 7 heteroatoms. The molecule has 2 amide bonds. The van der Waals surface area contributed by atoms with E-state index in [4.69, 9.17) is 0 Å². The first-order valence-corrected chi connectivity index (χ1v) is 14.0. The van der Waals surface area contributed by atoms with Gasteiger partial charge >= 0.3 is 0 Å². The van der Waals surface area contributed by atoms with Crippen LogP contribution >= 0.6 is 0 Å². The smallest absolute Gasteiger partial charge is 0.233 e. The van der Waals surface area contributed by atoms with E-state index in [0.717, 1.165) is 43.1 Å². The monoisotopic (exact) mass is 545 g/mol. The van der Waals surface area contributed by atoms with Crippen LogP contribution in [0.3, 0.4) is 0 Å². The summed E-state index contributed by atoms with van der Waals surface area (Å²) in [6.07, 6.45) is 2.08. The van der Waals surface area contributed by atoms with Crippen molar-refractivity contribution in [2.24, 2.45) is 5.92 Å². The van der Waals surface area contributed by atoms with E-state index >= 15 is 0 Å². The molecule has 5 rings (SSSR count). The largest absolute Gasteiger partial charge is 0.347 e. The highest BCUT2D eigenvalue weighted by Crippen LogP contribution is 2.56. The lowest BCUT2D eigenvalue weighted by atomic mass is 9.80. The third-order valence-corrected chi connectivity index (χ3v) is 9.03. The van der Waals surface area contributed by atoms with Crippen LogP contribution in [0.5, 0.6) is 0 Å². The summed E-state index contributed by atoms with van der Waals surface area (Å²) in [5, 5.41) is 3.21. The molecule has 1 aliphatic carbocycles. The van der Waals surface area contributed by atoms with E-state index in [2.05, 4.69) is 22.3 Å². The molecule has 40 heavy (non-hydrogen) atoms. The molecule has 1 saturated heterocycles. The predicted octanol–water partition coefficient (Wildman–Crippen LogP) is 5.57. The Morgan fingerprint density at radius 2 is 1.57 bits per heavy atom. The van der Waals surface area contributed by atoms with Crippen LogP contribution in [0.1, 0.15) is 55.8 Å². The molecule has 1 aliphatic heterocycles. The molecule has 0 radical (unpaired) electrons. The number of rotatable bonds is 8. The average Bonchev–Trinajstić information content (AvgIpc) is 3.69. The Kier molecular flexibility index (Phi) is 7.78. The Bertz CT molecular complexity index is 1360. The van der Waals surface area contributed by atoms with Gasteiger partial charge in [-0.05, 0) is 60.9 Å². The summed E-state index contributed by atoms with van der Waals surface area (Å²) in [6, 6.07) is 23.6. The van der Waals surface area contributed by atoms with Crippen LogP contribution in [-0.4, -0.2) is 48.3 Å². The zero-order valence-electron chi connectivity index (χ0n) is 23.4. The number of likely N-dealkylation sites (N-methyl/N-ethyl adjacent to an activating group) is 1. The average molecular weight is 546 g/mol. The summed E-state index contributed by atoms with van der Waals surface area (Å²) in [5.74, 6) is -2.01. The highest BCUT2D eigenvalue weighted by molar-refractivity contribution is 5.92. The topological polar surface area (TPSA) is 52.7 Å². The molecule has 3 aromatic rings. The summed E-state index contributed by atoms with van der Waals surface area (Å²) < 4.78 is 28.3. The molecule has 1 N–H and O–H groups in total. The van der Waals surface area contributed by atoms with Gasteiger partial charge in [-0.3, -0.25) is 9.59 Å². The number of nitrogens with zero attached hydrogens (tertiary/aromatic N) is 2. The van der Waals surface area contributed by atoms with Gasteiger partial charge in [0.05, 0.1) is 17.0 Å². The van der Waals surface area contributed by atoms with Crippen LogP contribution in [0.4, 0.5) is 8.78 Å². The first-order valence-electron chi connectivity index (χ1n) is 14.0. The van der Waals surface area contributed by atoms with Crippen molar-refractivity contribution >= 4 is 11.8 Å². The molecule has 1 saturated carbocycles. The molecule has 3 aromatic carbocycles. The number of benzene rings is 3. The Labute approximate surface area is 235 Å². The number of likely N-dealkylation sites (tertiary alicyclic amines) is 1. The fourth-order valence-corrected chi connectivity index (χ4v) is 6.52. The van der Waals surface area contributed by atoms with E-state index in [-0.39, 0.29) is 23.8 Å². The van der Waals surface area contributed by atoms with E-state index in [1.54, 1.807) is 24.9 Å². The van der Waals surface area contributed by atoms with Gasteiger partial charge < -0.3 is 15.1 Å². The minimum Gasteiger partial charge on any atom is -0.347 e. The molecule has 0 aromatic heterocycles. The number of hydrogen-bond donors (Lipinski definition) is 1. The van der Waals surface area contributed by atoms with Crippen LogP contribution in [0.15, 0.2) is 78.9 Å². The van der Waals surface area contributed by atoms with Gasteiger partial charge in [-0.15, -0.1) is 0 Å². The molecule has 210 valence electrons. The standard InChI is InChI=1S/C33H37F2N3O2/c1-23(25-10-6-4-7-11-25)37(3)31(40)33(27-14-15-29(34)30(35)20-27)21-28(33)22-38-18-16-32(17-19-38,36-24(2)39)26-12-8-5-9-13-26/h4-15,20,23,28H,16-19,21-22H2,1-3H3,(H,36,39). The second-order valence-corrected chi connectivity index (χ2v) is 11.4. The summed E-state index contributed by atoms with van der Waals surface area (Å²) in [4.78, 5) is 30.3. The van der Waals surface area contributed by atoms with Crippen LogP contribution in [-0.2, 0) is 20.5 Å². The molecular formula is C33H37F2N3O2. The van der Waals surface area contributed by atoms with Gasteiger partial charge in [0, 0.05) is 33.6 Å². The molecule has 3 atom stereocenters. The van der Waals surface area contributed by atoms with Gasteiger partial charge in [-0.1, -0.05) is 66.7 Å². The lowest BCUT2D eigenvalue weighted by Gasteiger charge is -2.43. The van der Waals surface area contributed by atoms with Crippen molar-refractivity contribution in [1.82, 2.24) is 15.1 Å². The molecule has 3 unspecified atom stereocenters. The Morgan fingerprint density at radius 3 is 2.17 bits per heavy atom. The van der Waals surface area contributed by atoms with E-state index in [9.17, 15) is 18.4 Å². The normalized spacial score (nSPS) is 22.8. The molecule has 0 spiro atoms. The summed E-state index contributed by atoms with van der Waals surface area (Å²) in [7, 11) is 1.79. The van der Waals surface area contributed by atoms with Gasteiger partial charge in [0.15, 0.2) is 11.6 Å². The SMILES string of the molecule is CC(=O)NC1(c2ccccc2)CCN(CC2CC2(C(=O)N(C)C(C)c2ccccc2)c2ccc(F)c(F)c2)CC1. The van der Waals surface area contributed by atoms with Gasteiger partial charge in [-0.2, -0.15) is 0 Å². The van der Waals surface area contributed by atoms with E-state index in [0.29, 0.717) is 18.5 Å². The van der Waals surface area contributed by atoms with Crippen molar-refractivity contribution in [1.29, 1.82) is 0 Å². The third kappa shape index (κ3) is 5.27. The lowest BCUT2D eigenvalue weighted by molar-refractivity contribution is -0.135. The zero-order chi connectivity index (χ0) is 28.5. The fourth-order valence-electron chi connectivity index (χ4n) is 6.52. The van der Waals surface area contributed by atoms with Crippen molar-refractivity contribution in [3.05, 3.63) is 107 Å². The highest BCUT2D eigenvalue weighted by Gasteiger charge is 2.62. The maximum Gasteiger partial charge on any atom is 0.233 e. The number of carbonyl (C=O) groups excluding carboxylic acids is 2. The Balaban J connectivity index is 1.36. The van der Waals surface area contributed by atoms with E-state index in [1.807, 2.05) is 55.5 Å². The molecule has 1 heterocycles. The number of amides is 2. The van der Waals surface area contributed by atoms with Crippen LogP contribution in [0, 0.1) is 17.6 Å². The summed E-state index contributed by atoms with van der Waals surface area (Å²) >= 11 is 0. The van der Waals surface area contributed by atoms with Gasteiger partial charge in [0.2, 0.25) is 11.8 Å². The summed E-state index contributed by atoms with van der Waals surface area (Å²) in [5.41, 5.74) is 1.31. The second kappa shape index (κ2) is 11.1. The quantitative estimate of drug-likeness (QED) is 0.403. The first kappa shape index (κ1) is 28.0. The second-order valence-electron chi connectivity index (χ2n) is 11.4. The van der Waals surface area contributed by atoms with Crippen molar-refractivity contribution in [3.63, 3.8) is 0 Å². The number of piperidine rings is 1. The molecule has 0 bridgehead atoms. The lowest BCUT2D eigenvalue weighted by Crippen LogP contribution is -2.53. The molecular weight excluding hydrogens is 508 g/mol. The molecule has 2 aliphatic rings. The van der Waals surface area contributed by atoms with Crippen LogP contribution in [0.2, 0.25) is 0 Å². The first-order chi connectivity index (χ1) is 19.2. The van der Waals surface area contributed by atoms with Crippen LogP contribution < -0.4 is 5.32 Å². The van der Waals surface area contributed by atoms with E-state index < -0.39 is 22.6 Å². The number of halogens is 2. The van der Waals surface area contributed by atoms with Gasteiger partial charge in [0.1, 0.15) is 0 Å². The maximum atomic E-state index is 14.4. The zero-order valence-corrected chi connectivity index (χ0v) is 23.4. The fraction of sp³-hybridized carbons (Fsp3) is 0.394. The minimum absolute atomic E-state index is 0.0275. The van der Waals surface area contributed by atoms with Crippen molar-refractivity contribution in [2.45, 2.75) is 50.1 Å². The van der Waals surface area contributed by atoms with E-state index in [1.165, 1.54) is 6.07 Å². The number of hydrogen-bond acceptors (Lipinski definition) is 3. The summed E-state index contributed by atoms with van der Waals surface area (Å²) in [6.45, 7) is 5.71. The highest BCUT2D eigenvalue weighted by atomic mass is 19.2. The maximum absolute atomic E-state index is 14.4. The van der Waals surface area contributed by atoms with Gasteiger partial charge in [-0.25, -0.2) is 8.78 Å². The number of carbonyl (C=O) groups is 2. The predicted molar refractivity (Wildman–Crippen MR) is 151 cm³/mol. The van der Waals surface area contributed by atoms with Crippen molar-refractivity contribution in [3.8, 4) is 0 Å². The van der Waals surface area contributed by atoms with Crippen LogP contribution in [0.25, 0.3) is 0 Å². The van der Waals surface area contributed by atoms with Crippen molar-refractivity contribution < 1.29 is 18.4 Å². The third-order valence-electron chi connectivity index (χ3n) is 9.03. The Hall–Kier alpha value is -3.58. The van der Waals surface area contributed by atoms with Gasteiger partial charge in [0.25, 0.3) is 0 Å². The molecule has 5 nitrogen and oxygen atoms in total. The van der Waals surface area contributed by atoms with Crippen molar-refractivity contribution in [2.75, 3.05) is 26.7 Å². The Morgan fingerprint density at radius 1 is 0.950 bits per heavy atom.